The lowest BCUT2D eigenvalue weighted by Crippen LogP contribution is -2.57. The number of hydrogen-bond donors (Lipinski definition) is 0. The highest BCUT2D eigenvalue weighted by atomic mass is 19.1. The van der Waals surface area contributed by atoms with Crippen molar-refractivity contribution in [2.75, 3.05) is 49.1 Å². The number of nitrogens with zero attached hydrogens (tertiary/aromatic N) is 7. The van der Waals surface area contributed by atoms with Crippen LogP contribution in [0.2, 0.25) is 0 Å². The summed E-state index contributed by atoms with van der Waals surface area (Å²) < 4.78 is 20.6. The van der Waals surface area contributed by atoms with Crippen LogP contribution in [0.1, 0.15) is 48.6 Å². The molecule has 7 rings (SSSR count). The third kappa shape index (κ3) is 6.90. The van der Waals surface area contributed by atoms with Crippen LogP contribution in [0.4, 0.5) is 15.9 Å². The Hall–Kier alpha value is -4.75. The van der Waals surface area contributed by atoms with Gasteiger partial charge >= 0.3 is 6.01 Å². The summed E-state index contributed by atoms with van der Waals surface area (Å²) in [6.07, 6.45) is 1.43. The molecule has 3 aliphatic heterocycles. The number of aryl methyl sites for hydroxylation is 1. The number of likely N-dealkylation sites (tertiary alicyclic amines) is 1. The summed E-state index contributed by atoms with van der Waals surface area (Å²) in [5.41, 5.74) is 5.71. The second-order valence-electron chi connectivity index (χ2n) is 13.5. The van der Waals surface area contributed by atoms with Crippen molar-refractivity contribution in [1.29, 1.82) is 5.26 Å². The number of anilines is 2. The van der Waals surface area contributed by atoms with E-state index in [4.69, 9.17) is 14.7 Å². The minimum absolute atomic E-state index is 0.124. The van der Waals surface area contributed by atoms with Gasteiger partial charge in [-0.1, -0.05) is 60.7 Å². The van der Waals surface area contributed by atoms with Crippen LogP contribution >= 0.6 is 0 Å². The summed E-state index contributed by atoms with van der Waals surface area (Å²) >= 11 is 0. The van der Waals surface area contributed by atoms with E-state index in [0.29, 0.717) is 38.8 Å². The molecule has 0 spiro atoms. The van der Waals surface area contributed by atoms with Gasteiger partial charge in [-0.15, -0.1) is 0 Å². The van der Waals surface area contributed by atoms with Gasteiger partial charge in [0.15, 0.2) is 6.17 Å². The van der Waals surface area contributed by atoms with Gasteiger partial charge in [0.2, 0.25) is 0 Å². The van der Waals surface area contributed by atoms with Gasteiger partial charge in [0.1, 0.15) is 12.4 Å². The fourth-order valence-corrected chi connectivity index (χ4v) is 7.82. The van der Waals surface area contributed by atoms with Gasteiger partial charge in [0.25, 0.3) is 5.91 Å². The van der Waals surface area contributed by atoms with Gasteiger partial charge in [-0.25, -0.2) is 4.39 Å². The quantitative estimate of drug-likeness (QED) is 0.221. The molecule has 49 heavy (non-hydrogen) atoms. The molecule has 254 valence electrons. The molecule has 10 heteroatoms. The van der Waals surface area contributed by atoms with E-state index in [0.717, 1.165) is 56.0 Å². The van der Waals surface area contributed by atoms with E-state index in [1.165, 1.54) is 39.4 Å². The number of halogens is 1. The van der Waals surface area contributed by atoms with Crippen LogP contribution in [0.15, 0.2) is 66.7 Å². The first kappa shape index (κ1) is 32.8. The minimum atomic E-state index is -1.61. The van der Waals surface area contributed by atoms with Crippen LogP contribution in [0, 0.1) is 18.3 Å². The maximum atomic E-state index is 14.1. The first-order valence-electron chi connectivity index (χ1n) is 17.5. The number of ether oxygens (including phenoxy) is 1. The van der Waals surface area contributed by atoms with Gasteiger partial charge in [-0.05, 0) is 62.2 Å². The van der Waals surface area contributed by atoms with Crippen molar-refractivity contribution in [1.82, 2.24) is 19.8 Å². The normalized spacial score (nSPS) is 20.2. The summed E-state index contributed by atoms with van der Waals surface area (Å²) in [5.74, 6) is 0.232. The molecule has 1 aromatic heterocycles. The number of nitriles is 1. The number of fused-ring (bicyclic) bond motifs is 2. The van der Waals surface area contributed by atoms with Crippen molar-refractivity contribution in [3.8, 4) is 12.1 Å². The zero-order chi connectivity index (χ0) is 33.9. The van der Waals surface area contributed by atoms with Gasteiger partial charge in [-0.3, -0.25) is 9.69 Å². The number of hydrogen-bond acceptors (Lipinski definition) is 8. The predicted octanol–water partition coefficient (Wildman–Crippen LogP) is 5.83. The summed E-state index contributed by atoms with van der Waals surface area (Å²) in [6.45, 7) is 8.44. The van der Waals surface area contributed by atoms with Crippen LogP contribution in [0.3, 0.4) is 0 Å². The smallest absolute Gasteiger partial charge is 0.318 e. The van der Waals surface area contributed by atoms with E-state index in [2.05, 4.69) is 88.4 Å². The van der Waals surface area contributed by atoms with Crippen molar-refractivity contribution < 1.29 is 13.9 Å². The Bertz CT molecular complexity index is 1840. The van der Waals surface area contributed by atoms with Crippen LogP contribution in [-0.2, 0) is 24.3 Å². The zero-order valence-corrected chi connectivity index (χ0v) is 28.4. The number of carbonyl (C=O) groups excluding carboxylic acids is 1. The monoisotopic (exact) mass is 661 g/mol. The Morgan fingerprint density at radius 2 is 1.82 bits per heavy atom. The first-order valence-corrected chi connectivity index (χ1v) is 17.5. The summed E-state index contributed by atoms with van der Waals surface area (Å²) in [5, 5.41) is 12.1. The number of amides is 1. The maximum Gasteiger partial charge on any atom is 0.318 e. The van der Waals surface area contributed by atoms with E-state index in [1.54, 1.807) is 0 Å². The molecule has 1 amide bonds. The molecule has 4 heterocycles. The highest BCUT2D eigenvalue weighted by molar-refractivity contribution is 5.97. The second kappa shape index (κ2) is 14.4. The lowest BCUT2D eigenvalue weighted by Gasteiger charge is -2.42. The van der Waals surface area contributed by atoms with E-state index in [9.17, 15) is 14.4 Å². The number of carbonyl (C=O) groups is 1. The van der Waals surface area contributed by atoms with Crippen LogP contribution in [0.5, 0.6) is 6.01 Å². The van der Waals surface area contributed by atoms with Gasteiger partial charge in [-0.2, -0.15) is 15.2 Å². The number of aromatic nitrogens is 2. The third-order valence-electron chi connectivity index (χ3n) is 10.3. The fraction of sp³-hybridized carbons (Fsp3) is 0.436. The fourth-order valence-electron chi connectivity index (χ4n) is 7.82. The molecule has 3 atom stereocenters. The van der Waals surface area contributed by atoms with Crippen molar-refractivity contribution in [3.63, 3.8) is 0 Å². The molecule has 0 N–H and O–H groups in total. The number of benzene rings is 3. The summed E-state index contributed by atoms with van der Waals surface area (Å²) in [4.78, 5) is 31.4. The van der Waals surface area contributed by atoms with E-state index < -0.39 is 18.1 Å². The predicted molar refractivity (Wildman–Crippen MR) is 189 cm³/mol. The SMILES string of the molecule is Cc1cccc2cccc(N3CCc4c(nc(OC[C@@H]5CCCN5Cc5ccccc5)nc4N4CCN(C(=O)C(C)F)[C@@H](CC#N)C4)C3)c12. The molecule has 0 aliphatic carbocycles. The van der Waals surface area contributed by atoms with Crippen molar-refractivity contribution in [2.24, 2.45) is 0 Å². The second-order valence-corrected chi connectivity index (χ2v) is 13.5. The molecule has 0 bridgehead atoms. The van der Waals surface area contributed by atoms with Crippen molar-refractivity contribution in [2.45, 2.75) is 70.9 Å². The minimum Gasteiger partial charge on any atom is -0.462 e. The Balaban J connectivity index is 1.19. The zero-order valence-electron chi connectivity index (χ0n) is 28.4. The number of alkyl halides is 1. The van der Waals surface area contributed by atoms with E-state index in [1.807, 2.05) is 6.07 Å². The Kier molecular flexibility index (Phi) is 9.63. The summed E-state index contributed by atoms with van der Waals surface area (Å²) in [6, 6.07) is 25.8. The Labute approximate surface area is 287 Å². The van der Waals surface area contributed by atoms with Crippen molar-refractivity contribution >= 4 is 28.2 Å². The summed E-state index contributed by atoms with van der Waals surface area (Å²) in [7, 11) is 0. The van der Waals surface area contributed by atoms with Crippen LogP contribution in [0.25, 0.3) is 10.8 Å². The lowest BCUT2D eigenvalue weighted by molar-refractivity contribution is -0.138. The average molecular weight is 662 g/mol. The molecule has 3 aliphatic rings. The molecule has 3 aromatic carbocycles. The molecule has 0 saturated carbocycles. The Morgan fingerprint density at radius 3 is 2.61 bits per heavy atom. The average Bonchev–Trinajstić information content (AvgIpc) is 3.56. The largest absolute Gasteiger partial charge is 0.462 e. The lowest BCUT2D eigenvalue weighted by atomic mass is 9.99. The first-order chi connectivity index (χ1) is 23.9. The van der Waals surface area contributed by atoms with E-state index in [-0.39, 0.29) is 12.5 Å². The molecular weight excluding hydrogens is 617 g/mol. The standard InChI is InChI=1S/C39H44FN7O2/c1-27-9-6-12-30-13-7-15-35(36(27)30)45-20-17-33-34(25-45)42-39(49-26-32-14-8-19-44(32)23-29-10-4-3-5-11-29)43-37(33)46-21-22-47(38(48)28(2)40)31(24-46)16-18-41/h3-7,9-13,15,28,31-32H,8,14,16-17,19-26H2,1-2H3/t28?,31-,32-/m0/s1. The Morgan fingerprint density at radius 1 is 1.00 bits per heavy atom. The highest BCUT2D eigenvalue weighted by Crippen LogP contribution is 2.36. The van der Waals surface area contributed by atoms with Crippen LogP contribution in [-0.4, -0.2) is 83.3 Å². The van der Waals surface area contributed by atoms with Gasteiger partial charge in [0, 0.05) is 55.4 Å². The third-order valence-corrected chi connectivity index (χ3v) is 10.3. The molecule has 1 unspecified atom stereocenters. The maximum absolute atomic E-state index is 14.1. The molecule has 9 nitrogen and oxygen atoms in total. The van der Waals surface area contributed by atoms with Gasteiger partial charge < -0.3 is 19.4 Å². The highest BCUT2D eigenvalue weighted by Gasteiger charge is 2.36. The molecule has 4 aromatic rings. The van der Waals surface area contributed by atoms with E-state index >= 15 is 0 Å². The van der Waals surface area contributed by atoms with Gasteiger partial charge in [0.05, 0.1) is 30.8 Å². The van der Waals surface area contributed by atoms with Crippen LogP contribution < -0.4 is 14.5 Å². The molecule has 0 radical (unpaired) electrons. The topological polar surface area (TPSA) is 88.8 Å². The molecular formula is C39H44FN7O2. The van der Waals surface area contributed by atoms with Crippen molar-refractivity contribution in [3.05, 3.63) is 89.1 Å². The molecule has 2 fully saturated rings. The number of rotatable bonds is 9. The number of piperazine rings is 1. The molecule has 2 saturated heterocycles.